The average Bonchev–Trinajstić information content (AvgIpc) is 2.87. The second-order valence-electron chi connectivity index (χ2n) is 5.31. The minimum Gasteiger partial charge on any atom is -0.336 e. The van der Waals surface area contributed by atoms with Crippen LogP contribution in [0.5, 0.6) is 0 Å². The quantitative estimate of drug-likeness (QED) is 0.770. The first-order valence-corrected chi connectivity index (χ1v) is 7.46. The van der Waals surface area contributed by atoms with E-state index in [1.807, 2.05) is 35.8 Å². The van der Waals surface area contributed by atoms with Crippen LogP contribution in [0.4, 0.5) is 19.3 Å². The molecule has 5 nitrogen and oxygen atoms in total. The minimum atomic E-state index is -1.01. The van der Waals surface area contributed by atoms with Crippen LogP contribution in [-0.2, 0) is 6.54 Å². The zero-order valence-corrected chi connectivity index (χ0v) is 13.0. The number of rotatable bonds is 4. The van der Waals surface area contributed by atoms with Crippen LogP contribution in [0.1, 0.15) is 5.82 Å². The lowest BCUT2D eigenvalue weighted by Gasteiger charge is -2.10. The van der Waals surface area contributed by atoms with E-state index >= 15 is 0 Å². The number of hydrogen-bond acceptors (Lipinski definition) is 2. The predicted molar refractivity (Wildman–Crippen MR) is 87.8 cm³/mol. The van der Waals surface area contributed by atoms with E-state index < -0.39 is 17.7 Å². The SMILES string of the molecule is Cc1nc2ccccc2n1CCNC(=O)Nc1ccc(F)c(F)c1. The van der Waals surface area contributed by atoms with Crippen molar-refractivity contribution >= 4 is 22.8 Å². The van der Waals surface area contributed by atoms with Crippen molar-refractivity contribution in [1.82, 2.24) is 14.9 Å². The van der Waals surface area contributed by atoms with Gasteiger partial charge in [0.15, 0.2) is 11.6 Å². The van der Waals surface area contributed by atoms with E-state index in [9.17, 15) is 13.6 Å². The number of carbonyl (C=O) groups excluding carboxylic acids is 1. The van der Waals surface area contributed by atoms with Gasteiger partial charge in [-0.05, 0) is 31.2 Å². The van der Waals surface area contributed by atoms with Crippen LogP contribution >= 0.6 is 0 Å². The third-order valence-electron chi connectivity index (χ3n) is 3.64. The lowest BCUT2D eigenvalue weighted by atomic mass is 10.3. The Morgan fingerprint density at radius 3 is 2.75 bits per heavy atom. The molecule has 7 heteroatoms. The number of urea groups is 1. The van der Waals surface area contributed by atoms with Gasteiger partial charge in [0.05, 0.1) is 11.0 Å². The summed E-state index contributed by atoms with van der Waals surface area (Å²) in [4.78, 5) is 16.3. The van der Waals surface area contributed by atoms with Gasteiger partial charge in [0.25, 0.3) is 0 Å². The summed E-state index contributed by atoms with van der Waals surface area (Å²) in [5.74, 6) is -1.10. The molecule has 0 unspecified atom stereocenters. The summed E-state index contributed by atoms with van der Waals surface area (Å²) in [5, 5.41) is 5.14. The molecule has 2 amide bonds. The number of hydrogen-bond donors (Lipinski definition) is 2. The van der Waals surface area contributed by atoms with Crippen molar-refractivity contribution < 1.29 is 13.6 Å². The first-order chi connectivity index (χ1) is 11.5. The van der Waals surface area contributed by atoms with Gasteiger partial charge in [-0.2, -0.15) is 0 Å². The number of imidazole rings is 1. The molecular formula is C17H16F2N4O. The Labute approximate surface area is 137 Å². The third kappa shape index (κ3) is 3.34. The minimum absolute atomic E-state index is 0.190. The predicted octanol–water partition coefficient (Wildman–Crippen LogP) is 3.44. The van der Waals surface area contributed by atoms with Gasteiger partial charge in [-0.1, -0.05) is 12.1 Å². The molecule has 0 spiro atoms. The summed E-state index contributed by atoms with van der Waals surface area (Å²) >= 11 is 0. The maximum atomic E-state index is 13.1. The van der Waals surface area contributed by atoms with Gasteiger partial charge in [-0.15, -0.1) is 0 Å². The summed E-state index contributed by atoms with van der Waals surface area (Å²) in [6, 6.07) is 10.5. The Hall–Kier alpha value is -2.96. The summed E-state index contributed by atoms with van der Waals surface area (Å²) < 4.78 is 28.0. The van der Waals surface area contributed by atoms with Gasteiger partial charge in [-0.25, -0.2) is 18.6 Å². The molecule has 3 aromatic rings. The first-order valence-electron chi connectivity index (χ1n) is 7.46. The van der Waals surface area contributed by atoms with E-state index in [2.05, 4.69) is 15.6 Å². The van der Waals surface area contributed by atoms with Crippen LogP contribution in [0.3, 0.4) is 0 Å². The number of benzene rings is 2. The van der Waals surface area contributed by atoms with Gasteiger partial charge in [-0.3, -0.25) is 0 Å². The summed E-state index contributed by atoms with van der Waals surface area (Å²) in [7, 11) is 0. The van der Waals surface area contributed by atoms with Gasteiger partial charge in [0.1, 0.15) is 5.82 Å². The molecule has 0 aliphatic carbocycles. The molecule has 24 heavy (non-hydrogen) atoms. The van der Waals surface area contributed by atoms with Crippen molar-refractivity contribution in [2.45, 2.75) is 13.5 Å². The highest BCUT2D eigenvalue weighted by molar-refractivity contribution is 5.89. The van der Waals surface area contributed by atoms with Crippen molar-refractivity contribution in [3.05, 3.63) is 59.9 Å². The monoisotopic (exact) mass is 330 g/mol. The maximum absolute atomic E-state index is 13.1. The molecule has 2 aromatic carbocycles. The topological polar surface area (TPSA) is 59.0 Å². The fourth-order valence-corrected chi connectivity index (χ4v) is 2.51. The molecule has 0 atom stereocenters. The number of fused-ring (bicyclic) bond motifs is 1. The van der Waals surface area contributed by atoms with Gasteiger partial charge < -0.3 is 15.2 Å². The molecule has 0 radical (unpaired) electrons. The number of carbonyl (C=O) groups is 1. The molecule has 3 rings (SSSR count). The van der Waals surface area contributed by atoms with Gasteiger partial charge in [0, 0.05) is 24.8 Å². The Morgan fingerprint density at radius 1 is 1.17 bits per heavy atom. The van der Waals surface area contributed by atoms with E-state index in [0.29, 0.717) is 13.1 Å². The molecule has 0 fully saturated rings. The third-order valence-corrected chi connectivity index (χ3v) is 3.64. The molecule has 0 aliphatic heterocycles. The highest BCUT2D eigenvalue weighted by Gasteiger charge is 2.08. The average molecular weight is 330 g/mol. The molecule has 0 saturated heterocycles. The molecule has 0 aliphatic rings. The van der Waals surface area contributed by atoms with Crippen LogP contribution in [0.2, 0.25) is 0 Å². The van der Waals surface area contributed by atoms with Crippen LogP contribution in [-0.4, -0.2) is 22.1 Å². The number of halogens is 2. The Kier molecular flexibility index (Phi) is 4.41. The second kappa shape index (κ2) is 6.66. The Bertz CT molecular complexity index is 891. The smallest absolute Gasteiger partial charge is 0.319 e. The number of aromatic nitrogens is 2. The fourth-order valence-electron chi connectivity index (χ4n) is 2.51. The number of nitrogens with zero attached hydrogens (tertiary/aromatic N) is 2. The number of nitrogens with one attached hydrogen (secondary N) is 2. The van der Waals surface area contributed by atoms with E-state index in [-0.39, 0.29) is 5.69 Å². The molecule has 1 heterocycles. The summed E-state index contributed by atoms with van der Waals surface area (Å²) in [5.41, 5.74) is 2.09. The van der Waals surface area contributed by atoms with Crippen molar-refractivity contribution in [3.63, 3.8) is 0 Å². The van der Waals surface area contributed by atoms with Crippen molar-refractivity contribution in [1.29, 1.82) is 0 Å². The highest BCUT2D eigenvalue weighted by atomic mass is 19.2. The van der Waals surface area contributed by atoms with Crippen molar-refractivity contribution in [2.24, 2.45) is 0 Å². The lowest BCUT2D eigenvalue weighted by molar-refractivity contribution is 0.251. The number of aryl methyl sites for hydroxylation is 1. The van der Waals surface area contributed by atoms with Crippen molar-refractivity contribution in [2.75, 3.05) is 11.9 Å². The standard InChI is InChI=1S/C17H16F2N4O/c1-11-21-15-4-2-3-5-16(15)23(11)9-8-20-17(24)22-12-6-7-13(18)14(19)10-12/h2-7,10H,8-9H2,1H3,(H2,20,22,24). The summed E-state index contributed by atoms with van der Waals surface area (Å²) in [6.45, 7) is 2.83. The largest absolute Gasteiger partial charge is 0.336 e. The van der Waals surface area contributed by atoms with Crippen molar-refractivity contribution in [3.8, 4) is 0 Å². The summed E-state index contributed by atoms with van der Waals surface area (Å²) in [6.07, 6.45) is 0. The molecule has 124 valence electrons. The fraction of sp³-hybridized carbons (Fsp3) is 0.176. The zero-order valence-electron chi connectivity index (χ0n) is 13.0. The second-order valence-corrected chi connectivity index (χ2v) is 5.31. The van der Waals surface area contributed by atoms with Crippen LogP contribution in [0.15, 0.2) is 42.5 Å². The van der Waals surface area contributed by atoms with E-state index in [4.69, 9.17) is 0 Å². The lowest BCUT2D eigenvalue weighted by Crippen LogP contribution is -2.31. The van der Waals surface area contributed by atoms with Crippen LogP contribution in [0.25, 0.3) is 11.0 Å². The Balaban J connectivity index is 1.58. The zero-order chi connectivity index (χ0) is 17.1. The highest BCUT2D eigenvalue weighted by Crippen LogP contribution is 2.15. The maximum Gasteiger partial charge on any atom is 0.319 e. The Morgan fingerprint density at radius 2 is 1.96 bits per heavy atom. The molecule has 0 bridgehead atoms. The molecule has 0 saturated carbocycles. The van der Waals surface area contributed by atoms with Gasteiger partial charge >= 0.3 is 6.03 Å². The van der Waals surface area contributed by atoms with E-state index in [1.165, 1.54) is 6.07 Å². The van der Waals surface area contributed by atoms with Crippen LogP contribution in [0, 0.1) is 18.6 Å². The molecular weight excluding hydrogens is 314 g/mol. The molecule has 2 N–H and O–H groups in total. The van der Waals surface area contributed by atoms with Crippen LogP contribution < -0.4 is 10.6 Å². The normalized spacial score (nSPS) is 10.8. The number of anilines is 1. The first kappa shape index (κ1) is 15.9. The number of amides is 2. The van der Waals surface area contributed by atoms with E-state index in [0.717, 1.165) is 29.0 Å². The number of para-hydroxylation sites is 2. The van der Waals surface area contributed by atoms with Gasteiger partial charge in [0.2, 0.25) is 0 Å². The van der Waals surface area contributed by atoms with E-state index in [1.54, 1.807) is 0 Å². The molecule has 1 aromatic heterocycles.